The van der Waals surface area contributed by atoms with Crippen LogP contribution in [-0.2, 0) is 26.2 Å². The van der Waals surface area contributed by atoms with Crippen LogP contribution < -0.4 is 10.3 Å². The zero-order valence-corrected chi connectivity index (χ0v) is 22.0. The molecule has 1 saturated heterocycles. The molecule has 1 N–H and O–H groups in total. The Balaban J connectivity index is 1.31. The summed E-state index contributed by atoms with van der Waals surface area (Å²) in [7, 11) is 0. The number of hydrazone groups is 1. The van der Waals surface area contributed by atoms with E-state index in [0.29, 0.717) is 12.1 Å². The molecule has 202 valence electrons. The topological polar surface area (TPSA) is 78.8 Å². The van der Waals surface area contributed by atoms with E-state index in [4.69, 9.17) is 0 Å². The van der Waals surface area contributed by atoms with E-state index in [0.717, 1.165) is 27.8 Å². The van der Waals surface area contributed by atoms with E-state index in [9.17, 15) is 18.8 Å². The zero-order chi connectivity index (χ0) is 28.1. The van der Waals surface area contributed by atoms with Crippen molar-refractivity contribution in [3.8, 4) is 0 Å². The number of nitrogens with zero attached hydrogens (tertiary/aromatic N) is 2. The first-order valence-corrected chi connectivity index (χ1v) is 13.7. The minimum absolute atomic E-state index is 0.245. The number of imide groups is 1. The number of rotatable bonds is 6. The average molecular weight is 544 g/mol. The first kappa shape index (κ1) is 25.1. The molecule has 1 fully saturated rings. The molecule has 0 unspecified atom stereocenters. The van der Waals surface area contributed by atoms with Gasteiger partial charge in [-0.3, -0.25) is 14.4 Å². The van der Waals surface area contributed by atoms with Gasteiger partial charge in [0.05, 0.1) is 22.9 Å². The standard InChI is InChI=1S/C34H26FN3O3/c35-22-15-17-23(18-16-22)38-32(40)30-29-24-10-4-6-12-26(24)34(31(30)33(38)41,27-13-7-5-11-25(27)29)20-36-37-28(39)19-14-21-8-2-1-3-9-21/h1-13,15-18,20,29-31H,14,19H2,(H,37,39)/b36-20-/t29?,30-,31-,34?/m1/s1. The summed E-state index contributed by atoms with van der Waals surface area (Å²) >= 11 is 0. The normalized spacial score (nSPS) is 23.8. The maximum Gasteiger partial charge on any atom is 0.240 e. The summed E-state index contributed by atoms with van der Waals surface area (Å²) in [5, 5.41) is 4.45. The molecule has 4 aromatic carbocycles. The van der Waals surface area contributed by atoms with Crippen LogP contribution in [-0.4, -0.2) is 23.9 Å². The molecule has 2 bridgehead atoms. The maximum absolute atomic E-state index is 14.3. The lowest BCUT2D eigenvalue weighted by Gasteiger charge is -2.52. The van der Waals surface area contributed by atoms with E-state index in [1.54, 1.807) is 6.21 Å². The summed E-state index contributed by atoms with van der Waals surface area (Å²) in [5.74, 6) is -3.13. The maximum atomic E-state index is 14.3. The van der Waals surface area contributed by atoms with E-state index >= 15 is 0 Å². The fourth-order valence-electron chi connectivity index (χ4n) is 7.06. The van der Waals surface area contributed by atoms with E-state index in [1.165, 1.54) is 29.2 Å². The molecule has 2 atom stereocenters. The van der Waals surface area contributed by atoms with Crippen molar-refractivity contribution in [1.82, 2.24) is 5.43 Å². The Morgan fingerprint density at radius 1 is 0.829 bits per heavy atom. The molecule has 1 heterocycles. The van der Waals surface area contributed by atoms with Crippen molar-refractivity contribution in [1.29, 1.82) is 0 Å². The van der Waals surface area contributed by atoms with Gasteiger partial charge in [-0.15, -0.1) is 0 Å². The smallest absolute Gasteiger partial charge is 0.240 e. The van der Waals surface area contributed by atoms with Crippen LogP contribution in [0.4, 0.5) is 10.1 Å². The molecule has 3 amide bonds. The molecule has 0 radical (unpaired) electrons. The molecule has 8 rings (SSSR count). The Morgan fingerprint density at radius 3 is 2.10 bits per heavy atom. The summed E-state index contributed by atoms with van der Waals surface area (Å²) in [6.07, 6.45) is 2.48. The second kappa shape index (κ2) is 9.63. The predicted molar refractivity (Wildman–Crippen MR) is 153 cm³/mol. The predicted octanol–water partition coefficient (Wildman–Crippen LogP) is 5.11. The summed E-state index contributed by atoms with van der Waals surface area (Å²) in [6.45, 7) is 0. The quantitative estimate of drug-likeness (QED) is 0.209. The van der Waals surface area contributed by atoms with Crippen LogP contribution in [0.15, 0.2) is 108 Å². The number of halogens is 1. The number of hydrogen-bond acceptors (Lipinski definition) is 4. The summed E-state index contributed by atoms with van der Waals surface area (Å²) in [6, 6.07) is 30.8. The van der Waals surface area contributed by atoms with Crippen molar-refractivity contribution in [3.63, 3.8) is 0 Å². The first-order chi connectivity index (χ1) is 20.0. The molecule has 1 aliphatic heterocycles. The number of aryl methyl sites for hydroxylation is 1. The van der Waals surface area contributed by atoms with E-state index < -0.39 is 23.1 Å². The highest BCUT2D eigenvalue weighted by atomic mass is 19.1. The number of anilines is 1. The van der Waals surface area contributed by atoms with Crippen LogP contribution in [0.25, 0.3) is 0 Å². The summed E-state index contributed by atoms with van der Waals surface area (Å²) in [5.41, 5.74) is 6.71. The third-order valence-corrected chi connectivity index (χ3v) is 8.71. The largest absolute Gasteiger partial charge is 0.274 e. The number of amides is 3. The van der Waals surface area contributed by atoms with Crippen molar-refractivity contribution in [2.24, 2.45) is 16.9 Å². The lowest BCUT2D eigenvalue weighted by atomic mass is 9.47. The molecule has 0 spiro atoms. The third kappa shape index (κ3) is 3.76. The molecular weight excluding hydrogens is 517 g/mol. The van der Waals surface area contributed by atoms with Gasteiger partial charge in [0, 0.05) is 18.6 Å². The number of hydrogen-bond donors (Lipinski definition) is 1. The average Bonchev–Trinajstić information content (AvgIpc) is 3.28. The summed E-state index contributed by atoms with van der Waals surface area (Å²) < 4.78 is 13.7. The molecular formula is C34H26FN3O3. The lowest BCUT2D eigenvalue weighted by Crippen LogP contribution is -2.54. The van der Waals surface area contributed by atoms with E-state index in [1.807, 2.05) is 78.9 Å². The Hall–Kier alpha value is -4.91. The van der Waals surface area contributed by atoms with Gasteiger partial charge < -0.3 is 0 Å². The first-order valence-electron chi connectivity index (χ1n) is 13.7. The van der Waals surface area contributed by atoms with Crippen molar-refractivity contribution < 1.29 is 18.8 Å². The van der Waals surface area contributed by atoms with E-state index in [2.05, 4.69) is 10.5 Å². The van der Waals surface area contributed by atoms with Crippen molar-refractivity contribution in [2.75, 3.05) is 4.90 Å². The van der Waals surface area contributed by atoms with Gasteiger partial charge in [0.25, 0.3) is 0 Å². The Labute approximate surface area is 236 Å². The summed E-state index contributed by atoms with van der Waals surface area (Å²) in [4.78, 5) is 42.3. The van der Waals surface area contributed by atoms with Crippen molar-refractivity contribution in [2.45, 2.75) is 24.2 Å². The SMILES string of the molecule is O=C(CCc1ccccc1)N/N=C\C12c3ccccc3C(c3ccccc31)[C@H]1C(=O)N(c3ccc(F)cc3)C(=O)[C@@H]12. The third-order valence-electron chi connectivity index (χ3n) is 8.71. The minimum Gasteiger partial charge on any atom is -0.274 e. The van der Waals surface area contributed by atoms with Crippen molar-refractivity contribution in [3.05, 3.63) is 137 Å². The lowest BCUT2D eigenvalue weighted by molar-refractivity contribution is -0.123. The van der Waals surface area contributed by atoms with Gasteiger partial charge in [-0.1, -0.05) is 78.9 Å². The number of nitrogens with one attached hydrogen (secondary N) is 1. The monoisotopic (exact) mass is 543 g/mol. The van der Waals surface area contributed by atoms with Crippen LogP contribution in [0.2, 0.25) is 0 Å². The molecule has 41 heavy (non-hydrogen) atoms. The highest BCUT2D eigenvalue weighted by Gasteiger charge is 2.68. The molecule has 0 aromatic heterocycles. The molecule has 0 saturated carbocycles. The van der Waals surface area contributed by atoms with Gasteiger partial charge in [-0.2, -0.15) is 5.10 Å². The Morgan fingerprint density at radius 2 is 1.44 bits per heavy atom. The number of carbonyl (C=O) groups is 3. The Kier molecular flexibility index (Phi) is 5.89. The second-order valence-electron chi connectivity index (χ2n) is 10.8. The van der Waals surface area contributed by atoms with Gasteiger partial charge in [0.1, 0.15) is 5.82 Å². The molecule has 4 aromatic rings. The Bertz CT molecular complexity index is 1670. The van der Waals surface area contributed by atoms with Crippen LogP contribution in [0, 0.1) is 17.7 Å². The molecule has 6 nitrogen and oxygen atoms in total. The number of benzene rings is 4. The van der Waals surface area contributed by atoms with Crippen molar-refractivity contribution >= 4 is 29.6 Å². The van der Waals surface area contributed by atoms with Gasteiger partial charge in [-0.25, -0.2) is 14.7 Å². The van der Waals surface area contributed by atoms with E-state index in [-0.39, 0.29) is 30.1 Å². The molecule has 3 aliphatic carbocycles. The fraction of sp³-hybridized carbons (Fsp3) is 0.176. The number of carbonyl (C=O) groups excluding carboxylic acids is 3. The highest BCUT2D eigenvalue weighted by molar-refractivity contribution is 6.25. The van der Waals surface area contributed by atoms with Crippen LogP contribution in [0.5, 0.6) is 0 Å². The van der Waals surface area contributed by atoms with Crippen LogP contribution >= 0.6 is 0 Å². The zero-order valence-electron chi connectivity index (χ0n) is 22.0. The van der Waals surface area contributed by atoms with Gasteiger partial charge in [0.2, 0.25) is 17.7 Å². The minimum atomic E-state index is -1.08. The van der Waals surface area contributed by atoms with Gasteiger partial charge in [-0.05, 0) is 58.5 Å². The van der Waals surface area contributed by atoms with Crippen LogP contribution in [0.3, 0.4) is 0 Å². The van der Waals surface area contributed by atoms with Gasteiger partial charge >= 0.3 is 0 Å². The fourth-order valence-corrected chi connectivity index (χ4v) is 7.06. The van der Waals surface area contributed by atoms with Gasteiger partial charge in [0.15, 0.2) is 0 Å². The molecule has 7 heteroatoms. The highest BCUT2D eigenvalue weighted by Crippen LogP contribution is 2.63. The van der Waals surface area contributed by atoms with Crippen LogP contribution in [0.1, 0.15) is 40.2 Å². The molecule has 4 aliphatic rings. The second-order valence-corrected chi connectivity index (χ2v) is 10.8.